The molecule has 25 heavy (non-hydrogen) atoms. The molecule has 0 unspecified atom stereocenters. The highest BCUT2D eigenvalue weighted by molar-refractivity contribution is 5.84. The minimum Gasteiger partial charge on any atom is -0.444 e. The van der Waals surface area contributed by atoms with E-state index in [4.69, 9.17) is 9.47 Å². The minimum absolute atomic E-state index is 0.104. The van der Waals surface area contributed by atoms with Gasteiger partial charge in [-0.2, -0.15) is 0 Å². The molecular weight excluding hydrogens is 318 g/mol. The van der Waals surface area contributed by atoms with Gasteiger partial charge in [-0.15, -0.1) is 0 Å². The summed E-state index contributed by atoms with van der Waals surface area (Å²) in [6.45, 7) is 10.4. The SMILES string of the molecule is CC(C)(C)OC(=O)NCC(C)(C)C(=O)CCCOCc1ccccc1. The van der Waals surface area contributed by atoms with E-state index < -0.39 is 17.1 Å². The van der Waals surface area contributed by atoms with Crippen LogP contribution in [0.2, 0.25) is 0 Å². The third-order valence-electron chi connectivity index (χ3n) is 3.63. The molecule has 0 heterocycles. The number of benzene rings is 1. The number of amides is 1. The first-order valence-corrected chi connectivity index (χ1v) is 8.72. The number of carbonyl (C=O) groups excluding carboxylic acids is 2. The van der Waals surface area contributed by atoms with Crippen LogP contribution in [-0.4, -0.2) is 30.6 Å². The van der Waals surface area contributed by atoms with Crippen LogP contribution < -0.4 is 5.32 Å². The molecule has 0 saturated heterocycles. The molecular formula is C20H31NO4. The Bertz CT molecular complexity index is 547. The second-order valence-corrected chi connectivity index (χ2v) is 7.80. The molecule has 0 aliphatic carbocycles. The van der Waals surface area contributed by atoms with Gasteiger partial charge in [0.05, 0.1) is 6.61 Å². The van der Waals surface area contributed by atoms with Gasteiger partial charge in [0, 0.05) is 25.0 Å². The van der Waals surface area contributed by atoms with E-state index in [0.29, 0.717) is 26.1 Å². The molecule has 0 spiro atoms. The smallest absolute Gasteiger partial charge is 0.407 e. The van der Waals surface area contributed by atoms with Crippen molar-refractivity contribution >= 4 is 11.9 Å². The number of ether oxygens (including phenoxy) is 2. The summed E-state index contributed by atoms with van der Waals surface area (Å²) in [5, 5.41) is 2.67. The summed E-state index contributed by atoms with van der Waals surface area (Å²) in [5.74, 6) is 0.104. The summed E-state index contributed by atoms with van der Waals surface area (Å²) in [6.07, 6.45) is 0.596. The van der Waals surface area contributed by atoms with E-state index in [1.165, 1.54) is 0 Å². The number of hydrogen-bond acceptors (Lipinski definition) is 4. The highest BCUT2D eigenvalue weighted by Crippen LogP contribution is 2.19. The molecule has 5 heteroatoms. The highest BCUT2D eigenvalue weighted by Gasteiger charge is 2.28. The Balaban J connectivity index is 2.24. The summed E-state index contributed by atoms with van der Waals surface area (Å²) in [6, 6.07) is 9.94. The monoisotopic (exact) mass is 349 g/mol. The van der Waals surface area contributed by atoms with E-state index in [1.54, 1.807) is 20.8 Å². The van der Waals surface area contributed by atoms with E-state index in [-0.39, 0.29) is 12.3 Å². The highest BCUT2D eigenvalue weighted by atomic mass is 16.6. The zero-order valence-corrected chi connectivity index (χ0v) is 16.1. The summed E-state index contributed by atoms with van der Waals surface area (Å²) in [7, 11) is 0. The number of Topliss-reactive ketones (excluding diaryl/α,β-unsaturated/α-hetero) is 1. The van der Waals surface area contributed by atoms with Crippen molar-refractivity contribution in [3.05, 3.63) is 35.9 Å². The fraction of sp³-hybridized carbons (Fsp3) is 0.600. The van der Waals surface area contributed by atoms with Crippen molar-refractivity contribution in [3.8, 4) is 0 Å². The van der Waals surface area contributed by atoms with Crippen molar-refractivity contribution in [2.45, 2.75) is 59.7 Å². The third-order valence-corrected chi connectivity index (χ3v) is 3.63. The largest absolute Gasteiger partial charge is 0.444 e. The van der Waals surface area contributed by atoms with Gasteiger partial charge in [-0.1, -0.05) is 44.2 Å². The molecule has 1 aromatic rings. The van der Waals surface area contributed by atoms with Gasteiger partial charge in [-0.25, -0.2) is 4.79 Å². The maximum Gasteiger partial charge on any atom is 0.407 e. The normalized spacial score (nSPS) is 11.9. The molecule has 5 nitrogen and oxygen atoms in total. The number of rotatable bonds is 9. The molecule has 0 bridgehead atoms. The van der Waals surface area contributed by atoms with Crippen LogP contribution in [0.4, 0.5) is 4.79 Å². The van der Waals surface area contributed by atoms with Crippen LogP contribution in [0.3, 0.4) is 0 Å². The van der Waals surface area contributed by atoms with Gasteiger partial charge in [0.15, 0.2) is 0 Å². The molecule has 0 aromatic heterocycles. The average Bonchev–Trinajstić information content (AvgIpc) is 2.52. The van der Waals surface area contributed by atoms with Crippen molar-refractivity contribution in [2.24, 2.45) is 5.41 Å². The van der Waals surface area contributed by atoms with Crippen LogP contribution in [0.5, 0.6) is 0 Å². The van der Waals surface area contributed by atoms with Gasteiger partial charge in [0.25, 0.3) is 0 Å². The first kappa shape index (κ1) is 21.2. The Morgan fingerprint density at radius 2 is 1.68 bits per heavy atom. The maximum absolute atomic E-state index is 12.3. The average molecular weight is 349 g/mol. The minimum atomic E-state index is -0.629. The van der Waals surface area contributed by atoms with Crippen molar-refractivity contribution in [2.75, 3.05) is 13.2 Å². The quantitative estimate of drug-likeness (QED) is 0.682. The Morgan fingerprint density at radius 1 is 1.04 bits per heavy atom. The summed E-state index contributed by atoms with van der Waals surface area (Å²) >= 11 is 0. The summed E-state index contributed by atoms with van der Waals surface area (Å²) < 4.78 is 10.8. The summed E-state index contributed by atoms with van der Waals surface area (Å²) in [4.78, 5) is 24.0. The molecule has 0 aliphatic heterocycles. The van der Waals surface area contributed by atoms with E-state index in [0.717, 1.165) is 5.56 Å². The number of alkyl carbamates (subject to hydrolysis) is 1. The predicted octanol–water partition coefficient (Wildman–Crippen LogP) is 4.10. The molecule has 1 rings (SSSR count). The van der Waals surface area contributed by atoms with E-state index in [2.05, 4.69) is 5.32 Å². The van der Waals surface area contributed by atoms with Crippen LogP contribution >= 0.6 is 0 Å². The van der Waals surface area contributed by atoms with Crippen LogP contribution in [0.1, 0.15) is 53.0 Å². The lowest BCUT2D eigenvalue weighted by Gasteiger charge is -2.25. The Kier molecular flexibility index (Phi) is 8.10. The van der Waals surface area contributed by atoms with Gasteiger partial charge >= 0.3 is 6.09 Å². The lowest BCUT2D eigenvalue weighted by atomic mass is 9.86. The number of nitrogens with one attached hydrogen (secondary N) is 1. The molecule has 0 radical (unpaired) electrons. The van der Waals surface area contributed by atoms with Gasteiger partial charge in [-0.05, 0) is 32.8 Å². The summed E-state index contributed by atoms with van der Waals surface area (Å²) in [5.41, 5.74) is -0.0549. The van der Waals surface area contributed by atoms with Crippen LogP contribution in [-0.2, 0) is 20.9 Å². The van der Waals surface area contributed by atoms with Crippen molar-refractivity contribution in [1.29, 1.82) is 0 Å². The second kappa shape index (κ2) is 9.56. The second-order valence-electron chi connectivity index (χ2n) is 7.80. The predicted molar refractivity (Wildman–Crippen MR) is 98.4 cm³/mol. The van der Waals surface area contributed by atoms with Crippen LogP contribution in [0.25, 0.3) is 0 Å². The molecule has 1 N–H and O–H groups in total. The molecule has 140 valence electrons. The first-order chi connectivity index (χ1) is 11.6. The topological polar surface area (TPSA) is 64.6 Å². The molecule has 0 fully saturated rings. The number of carbonyl (C=O) groups is 2. The van der Waals surface area contributed by atoms with E-state index in [1.807, 2.05) is 44.2 Å². The van der Waals surface area contributed by atoms with Gasteiger partial charge in [0.2, 0.25) is 0 Å². The molecule has 0 aliphatic rings. The number of ketones is 1. The fourth-order valence-electron chi connectivity index (χ4n) is 2.14. The first-order valence-electron chi connectivity index (χ1n) is 8.72. The molecule has 0 atom stereocenters. The van der Waals surface area contributed by atoms with Crippen molar-refractivity contribution in [3.63, 3.8) is 0 Å². The molecule has 1 aromatic carbocycles. The molecule has 0 saturated carbocycles. The van der Waals surface area contributed by atoms with Crippen LogP contribution in [0.15, 0.2) is 30.3 Å². The van der Waals surface area contributed by atoms with Crippen molar-refractivity contribution in [1.82, 2.24) is 5.32 Å². The fourth-order valence-corrected chi connectivity index (χ4v) is 2.14. The molecule has 1 amide bonds. The Labute approximate surface area is 151 Å². The maximum atomic E-state index is 12.3. The van der Waals surface area contributed by atoms with Gasteiger partial charge < -0.3 is 14.8 Å². The standard InChI is InChI=1S/C20H31NO4/c1-19(2,3)25-18(23)21-15-20(4,5)17(22)12-9-13-24-14-16-10-7-6-8-11-16/h6-8,10-11H,9,12-15H2,1-5H3,(H,21,23). The van der Waals surface area contributed by atoms with E-state index >= 15 is 0 Å². The lowest BCUT2D eigenvalue weighted by molar-refractivity contribution is -0.127. The van der Waals surface area contributed by atoms with E-state index in [9.17, 15) is 9.59 Å². The third kappa shape index (κ3) is 9.25. The Morgan fingerprint density at radius 3 is 2.28 bits per heavy atom. The lowest BCUT2D eigenvalue weighted by Crippen LogP contribution is -2.41. The van der Waals surface area contributed by atoms with Crippen LogP contribution in [0, 0.1) is 5.41 Å². The Hall–Kier alpha value is -1.88. The van der Waals surface area contributed by atoms with Gasteiger partial charge in [0.1, 0.15) is 11.4 Å². The zero-order chi connectivity index (χ0) is 18.9. The van der Waals surface area contributed by atoms with Crippen molar-refractivity contribution < 1.29 is 19.1 Å². The zero-order valence-electron chi connectivity index (χ0n) is 16.1. The number of hydrogen-bond donors (Lipinski definition) is 1. The van der Waals surface area contributed by atoms with Gasteiger partial charge in [-0.3, -0.25) is 4.79 Å².